The molecule has 0 amide bonds. The first-order chi connectivity index (χ1) is 4.75. The van der Waals surface area contributed by atoms with E-state index in [9.17, 15) is 0 Å². The topological polar surface area (TPSA) is 32.6 Å². The molecule has 0 spiro atoms. The normalized spacial score (nSPS) is 12.0. The van der Waals surface area contributed by atoms with Gasteiger partial charge in [0, 0.05) is 5.56 Å². The van der Waals surface area contributed by atoms with Gasteiger partial charge in [0.2, 0.25) is 0 Å². The minimum Gasteiger partial charge on any atom is -0.410 e. The molecule has 0 aliphatic heterocycles. The second kappa shape index (κ2) is 3.23. The van der Waals surface area contributed by atoms with Crippen LogP contribution in [0.4, 0.5) is 0 Å². The van der Waals surface area contributed by atoms with Gasteiger partial charge >= 0.3 is 0 Å². The average molecular weight is 196 g/mol. The van der Waals surface area contributed by atoms with E-state index in [0.717, 1.165) is 0 Å². The Morgan fingerprint density at radius 2 is 2.40 bits per heavy atom. The van der Waals surface area contributed by atoms with Crippen LogP contribution in [-0.4, -0.2) is 10.4 Å². The SMILES string of the molecule is O/N=C(\Cl)c1ccsc1Cl. The molecule has 5 heteroatoms. The van der Waals surface area contributed by atoms with Gasteiger partial charge in [0.1, 0.15) is 4.34 Å². The van der Waals surface area contributed by atoms with Crippen molar-refractivity contribution in [1.29, 1.82) is 0 Å². The highest BCUT2D eigenvalue weighted by atomic mass is 35.5. The summed E-state index contributed by atoms with van der Waals surface area (Å²) in [6.45, 7) is 0. The number of rotatable bonds is 1. The van der Waals surface area contributed by atoms with Gasteiger partial charge in [0.05, 0.1) is 0 Å². The Kier molecular flexibility index (Phi) is 2.54. The molecule has 2 nitrogen and oxygen atoms in total. The van der Waals surface area contributed by atoms with Crippen molar-refractivity contribution in [2.24, 2.45) is 5.16 Å². The Hall–Kier alpha value is -0.250. The number of thiophene rings is 1. The molecule has 0 saturated heterocycles. The Morgan fingerprint density at radius 1 is 1.70 bits per heavy atom. The summed E-state index contributed by atoms with van der Waals surface area (Å²) >= 11 is 12.5. The molecule has 0 fully saturated rings. The Labute approximate surface area is 71.7 Å². The summed E-state index contributed by atoms with van der Waals surface area (Å²) < 4.78 is 0.530. The molecule has 54 valence electrons. The lowest BCUT2D eigenvalue weighted by atomic mass is 10.4. The van der Waals surface area contributed by atoms with Crippen LogP contribution in [0, 0.1) is 0 Å². The molecule has 0 aliphatic carbocycles. The maximum atomic E-state index is 8.23. The molecule has 0 aliphatic rings. The van der Waals surface area contributed by atoms with Crippen LogP contribution in [0.2, 0.25) is 4.34 Å². The molecule has 0 atom stereocenters. The Bertz CT molecular complexity index is 258. The fourth-order valence-corrected chi connectivity index (χ4v) is 1.68. The zero-order valence-electron chi connectivity index (χ0n) is 4.71. The van der Waals surface area contributed by atoms with E-state index < -0.39 is 0 Å². The van der Waals surface area contributed by atoms with E-state index in [1.807, 2.05) is 0 Å². The summed E-state index contributed by atoms with van der Waals surface area (Å²) in [5.41, 5.74) is 0.566. The molecule has 0 saturated carbocycles. The van der Waals surface area contributed by atoms with Crippen molar-refractivity contribution in [3.63, 3.8) is 0 Å². The van der Waals surface area contributed by atoms with E-state index in [4.69, 9.17) is 28.4 Å². The molecule has 1 N–H and O–H groups in total. The molecule has 0 radical (unpaired) electrons. The van der Waals surface area contributed by atoms with E-state index in [1.165, 1.54) is 11.3 Å². The van der Waals surface area contributed by atoms with Crippen LogP contribution in [0.5, 0.6) is 0 Å². The summed E-state index contributed by atoms with van der Waals surface area (Å²) in [5.74, 6) is 0. The van der Waals surface area contributed by atoms with Gasteiger partial charge in [-0.2, -0.15) is 0 Å². The number of halogens is 2. The second-order valence-corrected chi connectivity index (χ2v) is 3.37. The van der Waals surface area contributed by atoms with E-state index in [0.29, 0.717) is 9.90 Å². The van der Waals surface area contributed by atoms with Crippen LogP contribution < -0.4 is 0 Å². The fraction of sp³-hybridized carbons (Fsp3) is 0. The molecule has 0 unspecified atom stereocenters. The van der Waals surface area contributed by atoms with Gasteiger partial charge in [-0.1, -0.05) is 28.4 Å². The zero-order chi connectivity index (χ0) is 7.56. The van der Waals surface area contributed by atoms with E-state index in [2.05, 4.69) is 5.16 Å². The molecule has 1 aromatic rings. The van der Waals surface area contributed by atoms with Gasteiger partial charge in [-0.05, 0) is 11.4 Å². The minimum atomic E-state index is 0.0197. The highest BCUT2D eigenvalue weighted by Crippen LogP contribution is 2.24. The largest absolute Gasteiger partial charge is 0.410 e. The molecule has 0 bridgehead atoms. The third kappa shape index (κ3) is 1.42. The number of hydrogen-bond acceptors (Lipinski definition) is 3. The van der Waals surface area contributed by atoms with Crippen molar-refractivity contribution < 1.29 is 5.21 Å². The van der Waals surface area contributed by atoms with Crippen LogP contribution >= 0.6 is 34.5 Å². The maximum absolute atomic E-state index is 8.23. The molecule has 0 aromatic carbocycles. The van der Waals surface area contributed by atoms with Gasteiger partial charge in [-0.25, -0.2) is 0 Å². The quantitative estimate of drug-likeness (QED) is 0.418. The molecule has 1 aromatic heterocycles. The van der Waals surface area contributed by atoms with Crippen molar-refractivity contribution in [2.75, 3.05) is 0 Å². The fourth-order valence-electron chi connectivity index (χ4n) is 0.495. The van der Waals surface area contributed by atoms with Gasteiger partial charge in [-0.3, -0.25) is 0 Å². The first-order valence-corrected chi connectivity index (χ1v) is 4.00. The predicted molar refractivity (Wildman–Crippen MR) is 43.5 cm³/mol. The van der Waals surface area contributed by atoms with Crippen molar-refractivity contribution in [3.8, 4) is 0 Å². The van der Waals surface area contributed by atoms with Gasteiger partial charge < -0.3 is 5.21 Å². The summed E-state index contributed by atoms with van der Waals surface area (Å²) in [4.78, 5) is 0. The molecule has 1 rings (SSSR count). The van der Waals surface area contributed by atoms with E-state index in [1.54, 1.807) is 11.4 Å². The third-order valence-electron chi connectivity index (χ3n) is 0.928. The van der Waals surface area contributed by atoms with Crippen LogP contribution in [0.3, 0.4) is 0 Å². The molecular weight excluding hydrogens is 193 g/mol. The van der Waals surface area contributed by atoms with Crippen molar-refractivity contribution >= 4 is 39.7 Å². The van der Waals surface area contributed by atoms with E-state index >= 15 is 0 Å². The Morgan fingerprint density at radius 3 is 2.80 bits per heavy atom. The standard InChI is InChI=1S/C5H3Cl2NOS/c6-4(8-9)3-1-2-10-5(3)7/h1-2,9H/b8-4-. The number of nitrogens with zero attached hydrogens (tertiary/aromatic N) is 1. The van der Waals surface area contributed by atoms with E-state index in [-0.39, 0.29) is 5.17 Å². The smallest absolute Gasteiger partial charge is 0.177 e. The van der Waals surface area contributed by atoms with Crippen molar-refractivity contribution in [3.05, 3.63) is 21.3 Å². The summed E-state index contributed by atoms with van der Waals surface area (Å²) in [5, 5.41) is 12.8. The highest BCUT2D eigenvalue weighted by molar-refractivity contribution is 7.15. The zero-order valence-corrected chi connectivity index (χ0v) is 7.04. The molecule has 10 heavy (non-hydrogen) atoms. The van der Waals surface area contributed by atoms with Gasteiger partial charge in [-0.15, -0.1) is 11.3 Å². The average Bonchev–Trinajstić information content (AvgIpc) is 2.34. The lowest BCUT2D eigenvalue weighted by molar-refractivity contribution is 0.321. The molecular formula is C5H3Cl2NOS. The number of hydrogen-bond donors (Lipinski definition) is 1. The number of oxime groups is 1. The summed E-state index contributed by atoms with van der Waals surface area (Å²) in [6.07, 6.45) is 0. The summed E-state index contributed by atoms with van der Waals surface area (Å²) in [7, 11) is 0. The van der Waals surface area contributed by atoms with Gasteiger partial charge in [0.25, 0.3) is 0 Å². The monoisotopic (exact) mass is 195 g/mol. The van der Waals surface area contributed by atoms with Crippen LogP contribution in [0.15, 0.2) is 16.6 Å². The lowest BCUT2D eigenvalue weighted by Gasteiger charge is -1.88. The highest BCUT2D eigenvalue weighted by Gasteiger charge is 2.05. The van der Waals surface area contributed by atoms with Crippen molar-refractivity contribution in [2.45, 2.75) is 0 Å². The van der Waals surface area contributed by atoms with Crippen LogP contribution in [0.1, 0.15) is 5.56 Å². The first kappa shape index (κ1) is 7.85. The predicted octanol–water partition coefficient (Wildman–Crippen LogP) is 2.78. The van der Waals surface area contributed by atoms with Crippen molar-refractivity contribution in [1.82, 2.24) is 0 Å². The van der Waals surface area contributed by atoms with Crippen LogP contribution in [0.25, 0.3) is 0 Å². The maximum Gasteiger partial charge on any atom is 0.177 e. The minimum absolute atomic E-state index is 0.0197. The Balaban J connectivity index is 3.05. The third-order valence-corrected chi connectivity index (χ3v) is 2.38. The van der Waals surface area contributed by atoms with Crippen LogP contribution in [-0.2, 0) is 0 Å². The summed E-state index contributed by atoms with van der Waals surface area (Å²) in [6, 6.07) is 1.69. The van der Waals surface area contributed by atoms with Gasteiger partial charge in [0.15, 0.2) is 5.17 Å². The lowest BCUT2D eigenvalue weighted by Crippen LogP contribution is -1.86. The molecule has 1 heterocycles. The first-order valence-electron chi connectivity index (χ1n) is 2.36. The second-order valence-electron chi connectivity index (χ2n) is 1.50.